The Kier molecular flexibility index (Phi) is 3.96. The highest BCUT2D eigenvalue weighted by Gasteiger charge is 2.48. The van der Waals surface area contributed by atoms with Crippen LogP contribution in [0, 0.1) is 23.7 Å². The molecule has 5 aliphatic rings. The maximum atomic E-state index is 11.7. The number of benzene rings is 1. The third-order valence-electron chi connectivity index (χ3n) is 6.81. The Balaban J connectivity index is 1.19. The van der Waals surface area contributed by atoms with Crippen LogP contribution in [0.5, 0.6) is 0 Å². The molecule has 1 aromatic carbocycles. The number of allylic oxidation sites excluding steroid dienone is 1. The molecular weight excluding hydrogens is 384 g/mol. The number of carbonyl (C=O) groups is 1. The minimum Gasteiger partial charge on any atom is -0.478 e. The quantitative estimate of drug-likeness (QED) is 0.685. The van der Waals surface area contributed by atoms with Crippen LogP contribution >= 0.6 is 11.8 Å². The minimum absolute atomic E-state index is 0.255. The van der Waals surface area contributed by atoms with Gasteiger partial charge in [0.1, 0.15) is 5.03 Å². The van der Waals surface area contributed by atoms with Gasteiger partial charge in [-0.1, -0.05) is 23.9 Å². The van der Waals surface area contributed by atoms with E-state index < -0.39 is 5.97 Å². The van der Waals surface area contributed by atoms with Crippen molar-refractivity contribution in [3.05, 3.63) is 47.8 Å². The molecule has 3 aliphatic carbocycles. The largest absolute Gasteiger partial charge is 0.478 e. The molecule has 4 bridgehead atoms. The lowest BCUT2D eigenvalue weighted by atomic mass is 9.58. The number of nitrogens with zero attached hydrogens (tertiary/aromatic N) is 3. The summed E-state index contributed by atoms with van der Waals surface area (Å²) in [5, 5.41) is 13.9. The molecule has 0 spiro atoms. The predicted molar refractivity (Wildman–Crippen MR) is 110 cm³/mol. The average molecular weight is 407 g/mol. The summed E-state index contributed by atoms with van der Waals surface area (Å²) in [5.74, 6) is 1.80. The lowest BCUT2D eigenvalue weighted by Gasteiger charge is -2.52. The number of carboxylic acids is 1. The van der Waals surface area contributed by atoms with E-state index in [9.17, 15) is 9.90 Å². The molecule has 1 aromatic heterocycles. The average Bonchev–Trinajstić information content (AvgIpc) is 2.71. The van der Waals surface area contributed by atoms with Gasteiger partial charge in [-0.15, -0.1) is 0 Å². The van der Waals surface area contributed by atoms with E-state index in [-0.39, 0.29) is 5.92 Å². The first-order valence-corrected chi connectivity index (χ1v) is 11.0. The summed E-state index contributed by atoms with van der Waals surface area (Å²) in [6, 6.07) is 6.59. The highest BCUT2D eigenvalue weighted by molar-refractivity contribution is 7.99. The van der Waals surface area contributed by atoms with Gasteiger partial charge in [0, 0.05) is 42.5 Å². The van der Waals surface area contributed by atoms with Crippen molar-refractivity contribution in [3.63, 3.8) is 0 Å². The first-order valence-electron chi connectivity index (χ1n) is 10.2. The number of aromatic nitrogens is 2. The van der Waals surface area contributed by atoms with Gasteiger partial charge in [0.15, 0.2) is 5.82 Å². The van der Waals surface area contributed by atoms with Crippen LogP contribution in [0.1, 0.15) is 18.4 Å². The van der Waals surface area contributed by atoms with Crippen molar-refractivity contribution in [3.8, 4) is 0 Å². The number of fused-ring (bicyclic) bond motifs is 2. The highest BCUT2D eigenvalue weighted by atomic mass is 32.2. The Hall–Kier alpha value is -2.38. The number of hydrogen-bond acceptors (Lipinski definition) is 6. The number of nitrogens with one attached hydrogen (secondary N) is 1. The molecule has 7 rings (SSSR count). The van der Waals surface area contributed by atoms with E-state index in [1.807, 2.05) is 6.08 Å². The van der Waals surface area contributed by atoms with Crippen molar-refractivity contribution >= 4 is 29.2 Å². The summed E-state index contributed by atoms with van der Waals surface area (Å²) in [6.45, 7) is 2.90. The summed E-state index contributed by atoms with van der Waals surface area (Å²) < 4.78 is 0. The Morgan fingerprint density at radius 1 is 1.21 bits per heavy atom. The molecule has 6 nitrogen and oxygen atoms in total. The predicted octanol–water partition coefficient (Wildman–Crippen LogP) is 3.78. The molecule has 3 heterocycles. The molecule has 2 unspecified atom stereocenters. The van der Waals surface area contributed by atoms with Gasteiger partial charge in [0.05, 0.1) is 5.69 Å². The van der Waals surface area contributed by atoms with E-state index in [1.165, 1.54) is 10.5 Å². The number of anilines is 2. The van der Waals surface area contributed by atoms with Gasteiger partial charge in [-0.3, -0.25) is 4.90 Å². The fraction of sp³-hybridized carbons (Fsp3) is 0.409. The molecule has 2 aromatic rings. The molecule has 7 heteroatoms. The summed E-state index contributed by atoms with van der Waals surface area (Å²) in [6.07, 6.45) is 7.76. The Morgan fingerprint density at radius 3 is 2.79 bits per heavy atom. The third kappa shape index (κ3) is 2.95. The second-order valence-corrected chi connectivity index (χ2v) is 9.70. The standard InChI is InChI=1S/C22H22N4O2S/c27-22(28)16-7-13-5-14-10-26(11-15(6-13)19(14)16)9-12-1-2-18-17(8-12)25-20-21(29-18)24-4-3-23-20/h1-4,7-8,13-15,19H,5-6,9-11H2,(H,23,25)(H,27,28). The van der Waals surface area contributed by atoms with E-state index in [0.29, 0.717) is 23.3 Å². The molecule has 2 N–H and O–H groups in total. The smallest absolute Gasteiger partial charge is 0.331 e. The van der Waals surface area contributed by atoms with Crippen LogP contribution in [-0.2, 0) is 11.3 Å². The number of likely N-dealkylation sites (tertiary alicyclic amines) is 1. The zero-order valence-corrected chi connectivity index (χ0v) is 16.7. The number of rotatable bonds is 3. The fourth-order valence-electron chi connectivity index (χ4n) is 5.86. The van der Waals surface area contributed by atoms with E-state index >= 15 is 0 Å². The van der Waals surface area contributed by atoms with Gasteiger partial charge < -0.3 is 10.4 Å². The van der Waals surface area contributed by atoms with Crippen molar-refractivity contribution in [2.24, 2.45) is 23.7 Å². The molecule has 1 saturated carbocycles. The Morgan fingerprint density at radius 2 is 2.00 bits per heavy atom. The van der Waals surface area contributed by atoms with E-state index in [2.05, 4.69) is 38.4 Å². The van der Waals surface area contributed by atoms with Gasteiger partial charge in [0.2, 0.25) is 0 Å². The fourth-order valence-corrected chi connectivity index (χ4v) is 6.73. The van der Waals surface area contributed by atoms with Crippen LogP contribution in [-0.4, -0.2) is 39.0 Å². The number of carboxylic acid groups (broad SMARTS) is 1. The van der Waals surface area contributed by atoms with Gasteiger partial charge in [0.25, 0.3) is 0 Å². The third-order valence-corrected chi connectivity index (χ3v) is 7.88. The van der Waals surface area contributed by atoms with E-state index in [4.69, 9.17) is 0 Å². The normalized spacial score (nSPS) is 29.4. The van der Waals surface area contributed by atoms with Gasteiger partial charge in [-0.25, -0.2) is 14.8 Å². The summed E-state index contributed by atoms with van der Waals surface area (Å²) in [4.78, 5) is 24.1. The molecule has 2 atom stereocenters. The van der Waals surface area contributed by atoms with Crippen molar-refractivity contribution in [2.75, 3.05) is 18.4 Å². The van der Waals surface area contributed by atoms with Crippen LogP contribution in [0.4, 0.5) is 11.5 Å². The van der Waals surface area contributed by atoms with Crippen LogP contribution in [0.15, 0.2) is 52.2 Å². The van der Waals surface area contributed by atoms with Gasteiger partial charge in [-0.2, -0.15) is 0 Å². The second kappa shape index (κ2) is 6.57. The van der Waals surface area contributed by atoms with Crippen molar-refractivity contribution in [1.82, 2.24) is 14.9 Å². The second-order valence-electron chi connectivity index (χ2n) is 8.67. The van der Waals surface area contributed by atoms with E-state index in [1.54, 1.807) is 24.2 Å². The lowest BCUT2D eigenvalue weighted by molar-refractivity contribution is -0.135. The minimum atomic E-state index is -0.704. The van der Waals surface area contributed by atoms with Gasteiger partial charge >= 0.3 is 5.97 Å². The summed E-state index contributed by atoms with van der Waals surface area (Å²) in [5.41, 5.74) is 3.06. The van der Waals surface area contributed by atoms with Crippen molar-refractivity contribution in [2.45, 2.75) is 29.3 Å². The summed E-state index contributed by atoms with van der Waals surface area (Å²) in [7, 11) is 0. The SMILES string of the molecule is O=C(O)C1=CC2CC3CN(Cc4ccc5c(c4)Nc4nccnc4S5)CC(C2)C13. The lowest BCUT2D eigenvalue weighted by Crippen LogP contribution is -2.53. The van der Waals surface area contributed by atoms with E-state index in [0.717, 1.165) is 49.0 Å². The molecule has 0 amide bonds. The highest BCUT2D eigenvalue weighted by Crippen LogP contribution is 2.51. The molecule has 29 heavy (non-hydrogen) atoms. The summed E-state index contributed by atoms with van der Waals surface area (Å²) >= 11 is 1.65. The zero-order valence-electron chi connectivity index (χ0n) is 15.9. The van der Waals surface area contributed by atoms with Crippen LogP contribution in [0.3, 0.4) is 0 Å². The molecule has 1 saturated heterocycles. The molecule has 0 radical (unpaired) electrons. The first kappa shape index (κ1) is 17.5. The van der Waals surface area contributed by atoms with Crippen LogP contribution in [0.2, 0.25) is 0 Å². The van der Waals surface area contributed by atoms with Crippen molar-refractivity contribution in [1.29, 1.82) is 0 Å². The monoisotopic (exact) mass is 406 g/mol. The van der Waals surface area contributed by atoms with Gasteiger partial charge in [-0.05, 0) is 54.2 Å². The molecule has 148 valence electrons. The van der Waals surface area contributed by atoms with Crippen LogP contribution in [0.25, 0.3) is 0 Å². The Bertz CT molecular complexity index is 1020. The first-order chi connectivity index (χ1) is 14.1. The van der Waals surface area contributed by atoms with Crippen molar-refractivity contribution < 1.29 is 9.90 Å². The number of hydrogen-bond donors (Lipinski definition) is 2. The number of piperidine rings is 1. The molecular formula is C22H22N4O2S. The molecule has 2 aliphatic heterocycles. The van der Waals surface area contributed by atoms with Crippen LogP contribution < -0.4 is 5.32 Å². The topological polar surface area (TPSA) is 78.4 Å². The molecule has 2 fully saturated rings. The maximum absolute atomic E-state index is 11.7. The Labute approximate surface area is 173 Å². The maximum Gasteiger partial charge on any atom is 0.331 e. The zero-order chi connectivity index (χ0) is 19.5. The number of aliphatic carboxylic acids is 1.